The molecule has 5 heterocycles. The van der Waals surface area contributed by atoms with Crippen LogP contribution in [-0.4, -0.2) is 156 Å². The van der Waals surface area contributed by atoms with Gasteiger partial charge < -0.3 is 69.1 Å². The third kappa shape index (κ3) is 13.4. The van der Waals surface area contributed by atoms with E-state index in [0.717, 1.165) is 44.3 Å². The predicted molar refractivity (Wildman–Crippen MR) is 239 cm³/mol. The van der Waals surface area contributed by atoms with E-state index >= 15 is 0 Å². The molecule has 0 aromatic heterocycles. The fraction of sp³-hybridized carbons (Fsp3) is 0.898. The van der Waals surface area contributed by atoms with Gasteiger partial charge in [-0.2, -0.15) is 0 Å². The number of esters is 1. The molecule has 18 atom stereocenters. The quantitative estimate of drug-likeness (QED) is 0.141. The van der Waals surface area contributed by atoms with Crippen LogP contribution in [0, 0.1) is 17.8 Å². The number of ether oxygens (including phenoxy) is 6. The molecule has 0 saturated carbocycles. The minimum Gasteiger partial charge on any atom is -0.459 e. The van der Waals surface area contributed by atoms with Crippen LogP contribution in [0.3, 0.4) is 0 Å². The third-order valence-electron chi connectivity index (χ3n) is 15.0. The van der Waals surface area contributed by atoms with Gasteiger partial charge in [-0.1, -0.05) is 45.8 Å². The molecule has 2 bridgehead atoms. The number of aliphatic hydroxyl groups excluding tert-OH is 4. The molecule has 5 rings (SSSR count). The minimum atomic E-state index is -2.08. The summed E-state index contributed by atoms with van der Waals surface area (Å²) < 4.78 is 38.7. The summed E-state index contributed by atoms with van der Waals surface area (Å²) in [5.41, 5.74) is -4.43. The van der Waals surface area contributed by atoms with E-state index in [-0.39, 0.29) is 43.4 Å². The molecule has 4 fully saturated rings. The predicted octanol–water partition coefficient (Wildman–Crippen LogP) is 4.78. The van der Waals surface area contributed by atoms with Gasteiger partial charge in [-0.15, -0.1) is 0 Å². The van der Waals surface area contributed by atoms with E-state index in [1.54, 1.807) is 0 Å². The van der Waals surface area contributed by atoms with Gasteiger partial charge in [0, 0.05) is 49.1 Å². The maximum absolute atomic E-state index is 13.8. The Labute approximate surface area is 382 Å². The summed E-state index contributed by atoms with van der Waals surface area (Å²) in [7, 11) is 3.94. The molecule has 0 amide bonds. The van der Waals surface area contributed by atoms with Crippen molar-refractivity contribution in [2.24, 2.45) is 17.8 Å². The van der Waals surface area contributed by atoms with Gasteiger partial charge in [0.1, 0.15) is 23.9 Å². The van der Waals surface area contributed by atoms with Crippen LogP contribution in [0.2, 0.25) is 0 Å². The number of likely N-dealkylation sites (N-methyl/N-ethyl adjacent to an activating group) is 1. The van der Waals surface area contributed by atoms with Gasteiger partial charge in [0.2, 0.25) is 0 Å². The lowest BCUT2D eigenvalue weighted by molar-refractivity contribution is -0.352. The first-order valence-corrected chi connectivity index (χ1v) is 24.3. The number of allylic oxidation sites excluding steroid dienone is 1. The van der Waals surface area contributed by atoms with Crippen molar-refractivity contribution in [1.29, 1.82) is 0 Å². The molecule has 64 heavy (non-hydrogen) atoms. The molecule has 0 aliphatic carbocycles. The first-order chi connectivity index (χ1) is 29.8. The molecule has 4 saturated heterocycles. The van der Waals surface area contributed by atoms with E-state index in [4.69, 9.17) is 28.4 Å². The Morgan fingerprint density at radius 2 is 1.58 bits per heavy atom. The summed E-state index contributed by atoms with van der Waals surface area (Å²) in [5.74, 6) is -5.49. The summed E-state index contributed by atoms with van der Waals surface area (Å²) in [6.45, 7) is 14.0. The SMILES string of the molecule is CC[C@@H](O)C[C@H]1CCC[C@@]2(C[C@@H]3OC(=O)/C=C\[C@@](C)(O)[C@@H](O)[C@H](C)[C@@H](O)[C@H](O[C@H]4CC[C@@H](N(C)C)[C@H](C)O4)[C@@H](O)[C@](C)(O)CCCCC/C=C\[C@@H]4CC(C)(C)O[C@@]4(O)C[C@@H](O2)[C@H]3C)O1. The van der Waals surface area contributed by atoms with Gasteiger partial charge in [0.05, 0.1) is 47.8 Å². The van der Waals surface area contributed by atoms with E-state index in [1.165, 1.54) is 20.8 Å². The summed E-state index contributed by atoms with van der Waals surface area (Å²) in [6, 6.07) is 0.128. The first-order valence-electron chi connectivity index (χ1n) is 24.3. The van der Waals surface area contributed by atoms with Crippen molar-refractivity contribution in [2.45, 2.75) is 247 Å². The molecule has 0 aromatic rings. The second kappa shape index (κ2) is 21.8. The van der Waals surface area contributed by atoms with Crippen LogP contribution < -0.4 is 0 Å². The van der Waals surface area contributed by atoms with Crippen molar-refractivity contribution >= 4 is 5.97 Å². The average Bonchev–Trinajstić information content (AvgIpc) is 3.45. The van der Waals surface area contributed by atoms with Gasteiger partial charge in [-0.05, 0) is 119 Å². The zero-order valence-corrected chi connectivity index (χ0v) is 40.4. The van der Waals surface area contributed by atoms with Crippen molar-refractivity contribution in [3.8, 4) is 0 Å². The third-order valence-corrected chi connectivity index (χ3v) is 15.0. The maximum atomic E-state index is 13.8. The zero-order valence-electron chi connectivity index (χ0n) is 40.4. The lowest BCUT2D eigenvalue weighted by Gasteiger charge is -2.51. The minimum absolute atomic E-state index is 0.0790. The Balaban J connectivity index is 1.45. The van der Waals surface area contributed by atoms with Crippen LogP contribution in [0.4, 0.5) is 0 Å². The van der Waals surface area contributed by atoms with Crippen LogP contribution in [-0.2, 0) is 33.2 Å². The van der Waals surface area contributed by atoms with Crippen molar-refractivity contribution < 1.29 is 69.0 Å². The molecule has 15 heteroatoms. The smallest absolute Gasteiger partial charge is 0.330 e. The van der Waals surface area contributed by atoms with Gasteiger partial charge in [0.15, 0.2) is 17.9 Å². The van der Waals surface area contributed by atoms with Crippen LogP contribution >= 0.6 is 0 Å². The molecule has 5 aliphatic rings. The van der Waals surface area contributed by atoms with Crippen LogP contribution in [0.15, 0.2) is 24.3 Å². The van der Waals surface area contributed by atoms with Gasteiger partial charge in [-0.3, -0.25) is 0 Å². The normalized spacial score (nSPS) is 47.3. The maximum Gasteiger partial charge on any atom is 0.330 e. The Bertz CT molecular complexity index is 1550. The second-order valence-corrected chi connectivity index (χ2v) is 21.4. The van der Waals surface area contributed by atoms with Crippen molar-refractivity contribution in [3.63, 3.8) is 0 Å². The van der Waals surface area contributed by atoms with Gasteiger partial charge >= 0.3 is 5.97 Å². The number of rotatable bonds is 6. The van der Waals surface area contributed by atoms with Gasteiger partial charge in [-0.25, -0.2) is 4.79 Å². The highest BCUT2D eigenvalue weighted by atomic mass is 16.7. The largest absolute Gasteiger partial charge is 0.459 e. The average molecular weight is 912 g/mol. The first kappa shape index (κ1) is 53.4. The molecule has 0 aromatic carbocycles. The number of aliphatic hydroxyl groups is 7. The molecule has 0 radical (unpaired) electrons. The van der Waals surface area contributed by atoms with E-state index in [9.17, 15) is 40.5 Å². The summed E-state index contributed by atoms with van der Waals surface area (Å²) in [4.78, 5) is 15.8. The summed E-state index contributed by atoms with van der Waals surface area (Å²) >= 11 is 0. The highest BCUT2D eigenvalue weighted by Gasteiger charge is 2.56. The Morgan fingerprint density at radius 1 is 0.859 bits per heavy atom. The number of hydrogen-bond donors (Lipinski definition) is 7. The van der Waals surface area contributed by atoms with Crippen LogP contribution in [0.25, 0.3) is 0 Å². The molecule has 7 N–H and O–H groups in total. The lowest BCUT2D eigenvalue weighted by Crippen LogP contribution is -2.58. The Kier molecular flexibility index (Phi) is 18.2. The molecule has 5 aliphatic heterocycles. The fourth-order valence-corrected chi connectivity index (χ4v) is 10.9. The van der Waals surface area contributed by atoms with Gasteiger partial charge in [0.25, 0.3) is 0 Å². The number of fused-ring (bicyclic) bond motifs is 3. The molecule has 15 nitrogen and oxygen atoms in total. The number of carbonyl (C=O) groups excluding carboxylic acids is 1. The van der Waals surface area contributed by atoms with Crippen molar-refractivity contribution in [2.75, 3.05) is 14.1 Å². The van der Waals surface area contributed by atoms with E-state index in [0.29, 0.717) is 44.9 Å². The topological polar surface area (TPSA) is 217 Å². The molecular formula is C49H85NO14. The molecule has 0 unspecified atom stereocenters. The highest BCUT2D eigenvalue weighted by Crippen LogP contribution is 2.49. The van der Waals surface area contributed by atoms with E-state index in [1.807, 2.05) is 54.8 Å². The lowest BCUT2D eigenvalue weighted by atomic mass is 9.79. The number of nitrogens with zero attached hydrogens (tertiary/aromatic N) is 1. The standard InChI is InChI=1S/C49H85NO14/c1-11-34(51)26-35-19-17-24-48(62-35)28-37-30(2)38(63-48)29-49(58)33(27-45(5,6)64-49)18-15-13-12-14-16-23-46(7,56)44(55)42(61-40-21-20-36(50(9)10)32(4)59-40)41(53)31(3)43(54)47(8,57)25-22-39(52)60-37/h15,18,22,25,30-38,40-44,51,53-58H,11-14,16-17,19-21,23-24,26-29H2,1-10H3/b18-15-,25-22-/t30-,31+,32-,33+,34+,35+,36+,37-,38+,40-,41+,42-,43-,44+,46+,47+,48+,49-/m0/s1. The monoisotopic (exact) mass is 912 g/mol. The van der Waals surface area contributed by atoms with E-state index < -0.39 is 95.2 Å². The molecule has 1 spiro atoms. The highest BCUT2D eigenvalue weighted by molar-refractivity contribution is 5.82. The molecular weight excluding hydrogens is 827 g/mol. The number of hydrogen-bond acceptors (Lipinski definition) is 15. The van der Waals surface area contributed by atoms with Crippen molar-refractivity contribution in [1.82, 2.24) is 4.90 Å². The van der Waals surface area contributed by atoms with E-state index in [2.05, 4.69) is 11.0 Å². The number of carbonyl (C=O) groups is 1. The van der Waals surface area contributed by atoms with Crippen LogP contribution in [0.5, 0.6) is 0 Å². The fourth-order valence-electron chi connectivity index (χ4n) is 10.9. The van der Waals surface area contributed by atoms with Crippen LogP contribution in [0.1, 0.15) is 152 Å². The second-order valence-electron chi connectivity index (χ2n) is 21.4. The molecule has 370 valence electrons. The summed E-state index contributed by atoms with van der Waals surface area (Å²) in [6.07, 6.45) is 4.66. The summed E-state index contributed by atoms with van der Waals surface area (Å²) in [5, 5.41) is 81.8. The Morgan fingerprint density at radius 3 is 2.25 bits per heavy atom. The Hall–Kier alpha value is -1.57. The van der Waals surface area contributed by atoms with Crippen molar-refractivity contribution in [3.05, 3.63) is 24.3 Å². The zero-order chi connectivity index (χ0) is 47.4.